The predicted molar refractivity (Wildman–Crippen MR) is 167 cm³/mol. The van der Waals surface area contributed by atoms with Gasteiger partial charge in [0, 0.05) is 21.2 Å². The van der Waals surface area contributed by atoms with Gasteiger partial charge in [-0.2, -0.15) is 36.5 Å². The van der Waals surface area contributed by atoms with Gasteiger partial charge in [0.15, 0.2) is 11.4 Å². The lowest BCUT2D eigenvalue weighted by Crippen LogP contribution is -2.74. The molecule has 14 heteroatoms. The van der Waals surface area contributed by atoms with E-state index in [1.165, 1.54) is 97.1 Å². The quantitative estimate of drug-likeness (QED) is 0.213. The van der Waals surface area contributed by atoms with Crippen molar-refractivity contribution in [3.63, 3.8) is 0 Å². The molecule has 0 bridgehead atoms. The van der Waals surface area contributed by atoms with Crippen molar-refractivity contribution < 1.29 is 36.6 Å². The Morgan fingerprint density at radius 1 is 0.521 bits per heavy atom. The number of benzene rings is 4. The zero-order valence-corrected chi connectivity index (χ0v) is 25.9. The van der Waals surface area contributed by atoms with Gasteiger partial charge in [-0.15, -0.1) is 0 Å². The molecular weight excluding hydrogens is 681 g/mol. The molecule has 0 radical (unpaired) electrons. The Hall–Kier alpha value is -4.10. The first-order chi connectivity index (χ1) is 22.7. The number of hydrazone groups is 2. The molecule has 7 rings (SSSR count). The first-order valence-electron chi connectivity index (χ1n) is 14.6. The number of nitrogens with zero attached hydrogens (tertiary/aromatic N) is 4. The van der Waals surface area contributed by atoms with E-state index in [0.29, 0.717) is 0 Å². The third-order valence-electron chi connectivity index (χ3n) is 9.14. The minimum Gasteiger partial charge on any atom is -0.364 e. The van der Waals surface area contributed by atoms with Gasteiger partial charge >= 0.3 is 12.4 Å². The van der Waals surface area contributed by atoms with Gasteiger partial charge in [0.25, 0.3) is 0 Å². The lowest BCUT2D eigenvalue weighted by atomic mass is 9.71. The summed E-state index contributed by atoms with van der Waals surface area (Å²) >= 11 is 12.2. The van der Waals surface area contributed by atoms with Crippen LogP contribution < -0.4 is 0 Å². The molecule has 48 heavy (non-hydrogen) atoms. The van der Waals surface area contributed by atoms with Crippen molar-refractivity contribution in [2.24, 2.45) is 10.2 Å². The predicted octanol–water partition coefficient (Wildman–Crippen LogP) is 7.77. The van der Waals surface area contributed by atoms with Crippen LogP contribution in [-0.2, 0) is 11.4 Å². The summed E-state index contributed by atoms with van der Waals surface area (Å²) in [6.45, 7) is 0. The molecule has 0 amide bonds. The summed E-state index contributed by atoms with van der Waals surface area (Å²) in [4.78, 5) is 0. The van der Waals surface area contributed by atoms with Gasteiger partial charge in [0.05, 0.1) is 11.8 Å². The maximum atomic E-state index is 15.1. The highest BCUT2D eigenvalue weighted by Crippen LogP contribution is 2.61. The van der Waals surface area contributed by atoms with Crippen molar-refractivity contribution >= 4 is 34.6 Å². The van der Waals surface area contributed by atoms with Crippen LogP contribution in [0.3, 0.4) is 0 Å². The number of aliphatic hydroxyl groups is 2. The third-order valence-corrected chi connectivity index (χ3v) is 9.64. The molecule has 2 unspecified atom stereocenters. The number of rotatable bonds is 4. The minimum absolute atomic E-state index is 0.000310. The first kappa shape index (κ1) is 32.4. The molecule has 248 valence electrons. The van der Waals surface area contributed by atoms with E-state index in [-0.39, 0.29) is 32.3 Å². The van der Waals surface area contributed by atoms with Crippen LogP contribution in [0.25, 0.3) is 0 Å². The molecule has 3 aliphatic rings. The Labute approximate surface area is 280 Å². The smallest absolute Gasteiger partial charge is 0.364 e. The van der Waals surface area contributed by atoms with E-state index in [2.05, 4.69) is 10.2 Å². The monoisotopic (exact) mass is 704 g/mol. The second-order valence-corrected chi connectivity index (χ2v) is 12.7. The summed E-state index contributed by atoms with van der Waals surface area (Å²) in [6, 6.07) is 21.6. The van der Waals surface area contributed by atoms with Crippen molar-refractivity contribution in [1.29, 1.82) is 0 Å². The number of halogens is 8. The van der Waals surface area contributed by atoms with Gasteiger partial charge in [-0.05, 0) is 35.4 Å². The molecule has 4 aromatic carbocycles. The van der Waals surface area contributed by atoms with Gasteiger partial charge in [0.2, 0.25) is 11.4 Å². The second-order valence-electron chi connectivity index (χ2n) is 11.8. The fourth-order valence-electron chi connectivity index (χ4n) is 7.18. The normalized spacial score (nSPS) is 28.5. The second kappa shape index (κ2) is 11.2. The molecule has 0 aliphatic carbocycles. The molecule has 6 atom stereocenters. The van der Waals surface area contributed by atoms with Crippen molar-refractivity contribution in [3.05, 3.63) is 141 Å². The molecule has 0 aromatic heterocycles. The average molecular weight is 705 g/mol. The highest BCUT2D eigenvalue weighted by Gasteiger charge is 2.74. The Morgan fingerprint density at radius 3 is 1.12 bits per heavy atom. The van der Waals surface area contributed by atoms with E-state index < -0.39 is 59.1 Å². The summed E-state index contributed by atoms with van der Waals surface area (Å²) in [7, 11) is 0. The lowest BCUT2D eigenvalue weighted by molar-refractivity contribution is -0.311. The van der Waals surface area contributed by atoms with E-state index in [1.807, 2.05) is 0 Å². The highest BCUT2D eigenvalue weighted by molar-refractivity contribution is 6.30. The van der Waals surface area contributed by atoms with Crippen LogP contribution in [0.1, 0.15) is 34.1 Å². The van der Waals surface area contributed by atoms with E-state index in [1.54, 1.807) is 12.1 Å². The van der Waals surface area contributed by atoms with Crippen molar-refractivity contribution in [2.45, 2.75) is 47.7 Å². The van der Waals surface area contributed by atoms with Crippen LogP contribution in [0.4, 0.5) is 26.3 Å². The van der Waals surface area contributed by atoms with Crippen molar-refractivity contribution in [1.82, 2.24) is 10.0 Å². The molecule has 0 saturated carbocycles. The van der Waals surface area contributed by atoms with Gasteiger partial charge < -0.3 is 10.2 Å². The van der Waals surface area contributed by atoms with Crippen LogP contribution in [-0.4, -0.2) is 56.1 Å². The topological polar surface area (TPSA) is 71.7 Å². The standard InChI is InChI=1S/C34H24Cl2F6N4O2/c35-23-15-11-19(12-16-23)25-27(33(37,38)39)44-46-29(25)31(47,21-7-3-1-4-8-21)45-30(32(46,48)22-9-5-2-6-10-22)26(28(43-45)34(40,41)42)20-13-17-24(36)18-14-20/h1-18,25-26,29-30,47-48H/t25-,26-,29?,30?,31+,32+/m1/s1. The van der Waals surface area contributed by atoms with Crippen molar-refractivity contribution in [3.8, 4) is 0 Å². The summed E-state index contributed by atoms with van der Waals surface area (Å²) in [6.07, 6.45) is -10.2. The van der Waals surface area contributed by atoms with Gasteiger partial charge in [-0.25, -0.2) is 0 Å². The summed E-state index contributed by atoms with van der Waals surface area (Å²) in [5.74, 6) is -3.66. The fourth-order valence-corrected chi connectivity index (χ4v) is 7.43. The Bertz CT molecular complexity index is 1750. The molecule has 4 aromatic rings. The van der Waals surface area contributed by atoms with E-state index in [9.17, 15) is 10.2 Å². The molecular formula is C34H24Cl2F6N4O2. The summed E-state index contributed by atoms with van der Waals surface area (Å²) < 4.78 is 90.4. The number of piperazine rings is 1. The van der Waals surface area contributed by atoms with E-state index in [4.69, 9.17) is 23.2 Å². The Morgan fingerprint density at radius 2 is 0.833 bits per heavy atom. The van der Waals surface area contributed by atoms with Crippen LogP contribution in [0.15, 0.2) is 119 Å². The third kappa shape index (κ3) is 4.88. The average Bonchev–Trinajstić information content (AvgIpc) is 3.68. The molecule has 1 fully saturated rings. The van der Waals surface area contributed by atoms with Gasteiger partial charge in [-0.1, -0.05) is 108 Å². The SMILES string of the molecule is O[C@@]1(c2ccccc2)C2[C@H](c3ccc(Cl)cc3)C(C(F)(F)F)=NN2[C@](O)(c2ccccc2)C2[C@H](c3ccc(Cl)cc3)C(C(F)(F)F)=NN21. The van der Waals surface area contributed by atoms with Crippen LogP contribution >= 0.6 is 23.2 Å². The first-order valence-corrected chi connectivity index (χ1v) is 15.4. The van der Waals surface area contributed by atoms with Crippen molar-refractivity contribution in [2.75, 3.05) is 0 Å². The summed E-state index contributed by atoms with van der Waals surface area (Å²) in [5, 5.41) is 35.9. The molecule has 0 spiro atoms. The molecule has 1 saturated heterocycles. The maximum absolute atomic E-state index is 15.1. The van der Waals surface area contributed by atoms with Crippen LogP contribution in [0.2, 0.25) is 10.0 Å². The number of hydrogen-bond donors (Lipinski definition) is 2. The Balaban J connectivity index is 1.60. The van der Waals surface area contributed by atoms with Gasteiger partial charge in [0.1, 0.15) is 12.1 Å². The zero-order chi connectivity index (χ0) is 34.2. The van der Waals surface area contributed by atoms with E-state index in [0.717, 1.165) is 10.0 Å². The number of alkyl halides is 6. The Kier molecular flexibility index (Phi) is 7.59. The number of hydrogen-bond acceptors (Lipinski definition) is 6. The maximum Gasteiger partial charge on any atom is 0.431 e. The van der Waals surface area contributed by atoms with Gasteiger partial charge in [-0.3, -0.25) is 10.0 Å². The van der Waals surface area contributed by atoms with Crippen LogP contribution in [0, 0.1) is 0 Å². The van der Waals surface area contributed by atoms with E-state index >= 15 is 26.3 Å². The molecule has 2 N–H and O–H groups in total. The number of fused-ring (bicyclic) bond motifs is 2. The molecule has 3 heterocycles. The fraction of sp³-hybridized carbons (Fsp3) is 0.235. The summed E-state index contributed by atoms with van der Waals surface area (Å²) in [5.41, 5.74) is -8.35. The minimum atomic E-state index is -5.10. The lowest BCUT2D eigenvalue weighted by Gasteiger charge is -2.60. The zero-order valence-electron chi connectivity index (χ0n) is 24.4. The molecule has 3 aliphatic heterocycles. The van der Waals surface area contributed by atoms with Crippen LogP contribution in [0.5, 0.6) is 0 Å². The largest absolute Gasteiger partial charge is 0.431 e. The highest BCUT2D eigenvalue weighted by atomic mass is 35.5. The molecule has 6 nitrogen and oxygen atoms in total.